The van der Waals surface area contributed by atoms with Crippen LogP contribution in [0.4, 0.5) is 4.39 Å². The largest absolute Gasteiger partial charge is 0.208 e. The topological polar surface area (TPSA) is 0 Å². The Hall–Kier alpha value is -1.05. The number of hydrogen-bond donors (Lipinski definition) is 0. The molecule has 0 bridgehead atoms. The molecular weight excluding hydrogens is 174 g/mol. The van der Waals surface area contributed by atoms with Crippen molar-refractivity contribution in [3.05, 3.63) is 42.2 Å². The Morgan fingerprint density at radius 3 is 2.79 bits per heavy atom. The Bertz CT molecular complexity index is 294. The van der Waals surface area contributed by atoms with Gasteiger partial charge >= 0.3 is 0 Å². The monoisotopic (exact) mass is 189 g/mol. The van der Waals surface area contributed by atoms with Crippen LogP contribution in [0.15, 0.2) is 36.4 Å². The molecule has 0 aliphatic heterocycles. The smallest absolute Gasteiger partial charge is 0.155 e. The molecule has 0 atom stereocenters. The lowest BCUT2D eigenvalue weighted by atomic mass is 9.66. The summed E-state index contributed by atoms with van der Waals surface area (Å²) in [5.74, 6) is -0.132. The fourth-order valence-electron chi connectivity index (χ4n) is 1.26. The van der Waals surface area contributed by atoms with Crippen molar-refractivity contribution in [2.75, 3.05) is 0 Å². The fourth-order valence-corrected chi connectivity index (χ4v) is 1.26. The van der Waals surface area contributed by atoms with Crippen molar-refractivity contribution in [3.8, 4) is 0 Å². The number of hydrogen-bond acceptors (Lipinski definition) is 0. The second-order valence-electron chi connectivity index (χ2n) is 3.18. The van der Waals surface area contributed by atoms with E-state index in [4.69, 9.17) is 0 Å². The van der Waals surface area contributed by atoms with Gasteiger partial charge in [-0.3, -0.25) is 0 Å². The number of benzene rings is 1. The highest BCUT2D eigenvalue weighted by Gasteiger charge is 1.99. The van der Waals surface area contributed by atoms with E-state index in [9.17, 15) is 4.39 Å². The van der Waals surface area contributed by atoms with Gasteiger partial charge in [-0.2, -0.15) is 0 Å². The van der Waals surface area contributed by atoms with E-state index >= 15 is 0 Å². The van der Waals surface area contributed by atoms with Gasteiger partial charge in [0.2, 0.25) is 0 Å². The lowest BCUT2D eigenvalue weighted by Crippen LogP contribution is -2.17. The molecular formula is C12H15BF. The molecule has 0 aromatic heterocycles. The summed E-state index contributed by atoms with van der Waals surface area (Å²) in [7, 11) is 1.94. The highest BCUT2D eigenvalue weighted by Crippen LogP contribution is 1.96. The maximum absolute atomic E-state index is 13.1. The van der Waals surface area contributed by atoms with Gasteiger partial charge < -0.3 is 0 Å². The first-order valence-corrected chi connectivity index (χ1v) is 5.07. The SMILES string of the molecule is CCC=CCC[B]c1ccccc1F. The number of halogens is 1. The Labute approximate surface area is 86.1 Å². The van der Waals surface area contributed by atoms with Crippen LogP contribution in [0.25, 0.3) is 0 Å². The standard InChI is InChI=1S/C12H15BF/c1-2-3-4-7-10-13-11-8-5-6-9-12(11)14/h3-6,8-9H,2,7,10H2,1H3. The van der Waals surface area contributed by atoms with Crippen molar-refractivity contribution in [1.29, 1.82) is 0 Å². The van der Waals surface area contributed by atoms with Gasteiger partial charge in [0.25, 0.3) is 0 Å². The molecule has 0 spiro atoms. The summed E-state index contributed by atoms with van der Waals surface area (Å²) in [6.07, 6.45) is 7.23. The minimum absolute atomic E-state index is 0.132. The van der Waals surface area contributed by atoms with Gasteiger partial charge in [0, 0.05) is 0 Å². The van der Waals surface area contributed by atoms with E-state index in [1.165, 1.54) is 6.07 Å². The van der Waals surface area contributed by atoms with Crippen molar-refractivity contribution in [2.24, 2.45) is 0 Å². The average molecular weight is 189 g/mol. The van der Waals surface area contributed by atoms with Gasteiger partial charge in [0.05, 0.1) is 0 Å². The van der Waals surface area contributed by atoms with Crippen LogP contribution in [-0.4, -0.2) is 7.28 Å². The molecule has 0 heterocycles. The van der Waals surface area contributed by atoms with Crippen molar-refractivity contribution in [2.45, 2.75) is 26.1 Å². The first-order chi connectivity index (χ1) is 6.84. The van der Waals surface area contributed by atoms with Crippen molar-refractivity contribution < 1.29 is 4.39 Å². The molecule has 1 aromatic rings. The molecule has 0 fully saturated rings. The molecule has 0 aliphatic carbocycles. The minimum atomic E-state index is -0.132. The summed E-state index contributed by atoms with van der Waals surface area (Å²) in [6.45, 7) is 2.11. The van der Waals surface area contributed by atoms with Gasteiger partial charge in [-0.15, -0.1) is 0 Å². The van der Waals surface area contributed by atoms with Gasteiger partial charge in [-0.25, -0.2) is 4.39 Å². The normalized spacial score (nSPS) is 10.7. The molecule has 0 N–H and O–H groups in total. The quantitative estimate of drug-likeness (QED) is 0.379. The molecule has 0 saturated carbocycles. The third-order valence-corrected chi connectivity index (χ3v) is 2.01. The molecule has 0 nitrogen and oxygen atoms in total. The van der Waals surface area contributed by atoms with Gasteiger partial charge in [-0.05, 0) is 18.9 Å². The van der Waals surface area contributed by atoms with Crippen LogP contribution in [0, 0.1) is 5.82 Å². The molecule has 0 unspecified atom stereocenters. The highest BCUT2D eigenvalue weighted by atomic mass is 19.1. The van der Waals surface area contributed by atoms with Crippen LogP contribution < -0.4 is 5.46 Å². The van der Waals surface area contributed by atoms with Crippen LogP contribution in [0.5, 0.6) is 0 Å². The van der Waals surface area contributed by atoms with Crippen LogP contribution in [0.2, 0.25) is 6.32 Å². The van der Waals surface area contributed by atoms with Crippen LogP contribution in [0.3, 0.4) is 0 Å². The van der Waals surface area contributed by atoms with E-state index in [2.05, 4.69) is 19.1 Å². The average Bonchev–Trinajstić information content (AvgIpc) is 2.20. The zero-order valence-corrected chi connectivity index (χ0v) is 8.54. The second kappa shape index (κ2) is 6.42. The molecule has 73 valence electrons. The zero-order valence-electron chi connectivity index (χ0n) is 8.54. The maximum atomic E-state index is 13.1. The van der Waals surface area contributed by atoms with E-state index < -0.39 is 0 Å². The molecule has 1 rings (SSSR count). The van der Waals surface area contributed by atoms with Crippen LogP contribution >= 0.6 is 0 Å². The number of rotatable bonds is 5. The van der Waals surface area contributed by atoms with Crippen LogP contribution in [0.1, 0.15) is 19.8 Å². The molecule has 14 heavy (non-hydrogen) atoms. The molecule has 0 aliphatic rings. The van der Waals surface area contributed by atoms with Crippen molar-refractivity contribution in [3.63, 3.8) is 0 Å². The van der Waals surface area contributed by atoms with Gasteiger partial charge in [0.1, 0.15) is 5.82 Å². The summed E-state index contributed by atoms with van der Waals surface area (Å²) in [4.78, 5) is 0. The first-order valence-electron chi connectivity index (χ1n) is 5.07. The summed E-state index contributed by atoms with van der Waals surface area (Å²) in [5.41, 5.74) is 0.706. The molecule has 1 aromatic carbocycles. The summed E-state index contributed by atoms with van der Waals surface area (Å²) < 4.78 is 13.1. The molecule has 2 heteroatoms. The van der Waals surface area contributed by atoms with Crippen LogP contribution in [-0.2, 0) is 0 Å². The van der Waals surface area contributed by atoms with Gasteiger partial charge in [0.15, 0.2) is 7.28 Å². The summed E-state index contributed by atoms with van der Waals surface area (Å²) >= 11 is 0. The Balaban J connectivity index is 2.31. The highest BCUT2D eigenvalue weighted by molar-refractivity contribution is 6.53. The molecule has 1 radical (unpaired) electrons. The van der Waals surface area contributed by atoms with E-state index in [1.807, 2.05) is 13.3 Å². The Morgan fingerprint density at radius 1 is 1.29 bits per heavy atom. The van der Waals surface area contributed by atoms with E-state index in [-0.39, 0.29) is 5.82 Å². The lowest BCUT2D eigenvalue weighted by Gasteiger charge is -1.99. The second-order valence-corrected chi connectivity index (χ2v) is 3.18. The molecule has 0 amide bonds. The first kappa shape index (κ1) is 11.0. The van der Waals surface area contributed by atoms with Crippen molar-refractivity contribution in [1.82, 2.24) is 0 Å². The lowest BCUT2D eigenvalue weighted by molar-refractivity contribution is 0.635. The van der Waals surface area contributed by atoms with Gasteiger partial charge in [-0.1, -0.05) is 49.1 Å². The summed E-state index contributed by atoms with van der Waals surface area (Å²) in [5, 5.41) is 0. The predicted octanol–water partition coefficient (Wildman–Crippen LogP) is 2.93. The Morgan fingerprint density at radius 2 is 2.07 bits per heavy atom. The van der Waals surface area contributed by atoms with E-state index in [0.29, 0.717) is 5.46 Å². The molecule has 0 saturated heterocycles. The minimum Gasteiger partial charge on any atom is -0.208 e. The van der Waals surface area contributed by atoms with E-state index in [1.54, 1.807) is 12.1 Å². The Kier molecular flexibility index (Phi) is 5.06. The third-order valence-electron chi connectivity index (χ3n) is 2.01. The van der Waals surface area contributed by atoms with Crippen molar-refractivity contribution >= 4 is 12.7 Å². The summed E-state index contributed by atoms with van der Waals surface area (Å²) in [6, 6.07) is 6.87. The number of allylic oxidation sites excluding steroid dienone is 2. The van der Waals surface area contributed by atoms with E-state index in [0.717, 1.165) is 19.2 Å². The maximum Gasteiger partial charge on any atom is 0.155 e. The zero-order chi connectivity index (χ0) is 10.2. The predicted molar refractivity (Wildman–Crippen MR) is 60.6 cm³/mol. The third kappa shape index (κ3) is 3.78. The fraction of sp³-hybridized carbons (Fsp3) is 0.333.